The molecule has 0 aromatic heterocycles. The van der Waals surface area contributed by atoms with Crippen molar-refractivity contribution in [3.63, 3.8) is 0 Å². The van der Waals surface area contributed by atoms with Crippen molar-refractivity contribution in [2.24, 2.45) is 0 Å². The number of nitro benzene ring substituents is 1. The number of non-ortho nitro benzene ring substituents is 1. The van der Waals surface area contributed by atoms with E-state index in [4.69, 9.17) is 0 Å². The smallest absolute Gasteiger partial charge is 0.258 e. The molecule has 0 fully saturated rings. The molecule has 0 aliphatic heterocycles. The summed E-state index contributed by atoms with van der Waals surface area (Å²) in [7, 11) is 0. The number of nitrogens with zero attached hydrogens (tertiary/aromatic N) is 1. The van der Waals surface area contributed by atoms with Gasteiger partial charge in [0.2, 0.25) is 0 Å². The number of fused-ring (bicyclic) bond motifs is 1. The Morgan fingerprint density at radius 3 is 2.24 bits per heavy atom. The van der Waals surface area contributed by atoms with E-state index in [1.807, 2.05) is 42.5 Å². The van der Waals surface area contributed by atoms with Gasteiger partial charge in [-0.2, -0.15) is 0 Å². The van der Waals surface area contributed by atoms with Crippen molar-refractivity contribution in [1.82, 2.24) is 0 Å². The Hall–Kier alpha value is -3.12. The molecule has 0 N–H and O–H groups in total. The maximum atomic E-state index is 11.1. The Kier molecular flexibility index (Phi) is 3.36. The third kappa shape index (κ3) is 2.60. The maximum Gasteiger partial charge on any atom is 0.277 e. The summed E-state index contributed by atoms with van der Waals surface area (Å²) in [4.78, 5) is 10.7. The van der Waals surface area contributed by atoms with Crippen molar-refractivity contribution in [2.45, 2.75) is 0 Å². The van der Waals surface area contributed by atoms with Crippen LogP contribution >= 0.6 is 0 Å². The van der Waals surface area contributed by atoms with Gasteiger partial charge < -0.3 is 0 Å². The van der Waals surface area contributed by atoms with Crippen LogP contribution in [-0.4, -0.2) is 4.92 Å². The molecule has 21 heavy (non-hydrogen) atoms. The molecular weight excluding hydrogens is 262 g/mol. The van der Waals surface area contributed by atoms with Crippen molar-refractivity contribution in [1.29, 1.82) is 0 Å². The first-order chi connectivity index (χ1) is 10.3. The van der Waals surface area contributed by atoms with Crippen LogP contribution in [0, 0.1) is 22.0 Å². The Morgan fingerprint density at radius 2 is 1.48 bits per heavy atom. The van der Waals surface area contributed by atoms with Crippen molar-refractivity contribution >= 4 is 16.5 Å². The summed E-state index contributed by atoms with van der Waals surface area (Å²) in [5.41, 5.74) is 1.82. The van der Waals surface area contributed by atoms with Crippen molar-refractivity contribution in [3.8, 4) is 11.8 Å². The number of hydrogen-bond acceptors (Lipinski definition) is 2. The van der Waals surface area contributed by atoms with E-state index in [9.17, 15) is 10.1 Å². The predicted molar refractivity (Wildman–Crippen MR) is 83.0 cm³/mol. The lowest BCUT2D eigenvalue weighted by molar-refractivity contribution is -0.383. The molecule has 3 rings (SSSR count). The van der Waals surface area contributed by atoms with Gasteiger partial charge in [0, 0.05) is 22.6 Å². The lowest BCUT2D eigenvalue weighted by Gasteiger charge is -2.01. The zero-order chi connectivity index (χ0) is 14.7. The molecular formula is C18H11NO2. The van der Waals surface area contributed by atoms with Crippen LogP contribution < -0.4 is 0 Å². The highest BCUT2D eigenvalue weighted by Gasteiger charge is 2.11. The van der Waals surface area contributed by atoms with Gasteiger partial charge in [0.25, 0.3) is 5.69 Å². The quantitative estimate of drug-likeness (QED) is 0.380. The molecule has 3 nitrogen and oxygen atoms in total. The third-order valence-corrected chi connectivity index (χ3v) is 3.21. The normalized spacial score (nSPS) is 9.90. The van der Waals surface area contributed by atoms with Gasteiger partial charge >= 0.3 is 0 Å². The van der Waals surface area contributed by atoms with E-state index in [1.54, 1.807) is 18.2 Å². The van der Waals surface area contributed by atoms with E-state index in [-0.39, 0.29) is 10.6 Å². The molecule has 0 aliphatic carbocycles. The van der Waals surface area contributed by atoms with Crippen LogP contribution in [0.4, 0.5) is 5.69 Å². The molecule has 0 bridgehead atoms. The van der Waals surface area contributed by atoms with Crippen molar-refractivity contribution in [2.75, 3.05) is 0 Å². The van der Waals surface area contributed by atoms with Crippen LogP contribution in [0.15, 0.2) is 66.7 Å². The fourth-order valence-electron chi connectivity index (χ4n) is 2.22. The van der Waals surface area contributed by atoms with Crippen LogP contribution in [0.2, 0.25) is 0 Å². The van der Waals surface area contributed by atoms with Crippen LogP contribution in [0.1, 0.15) is 11.1 Å². The topological polar surface area (TPSA) is 43.1 Å². The van der Waals surface area contributed by atoms with Gasteiger partial charge in [0.1, 0.15) is 0 Å². The number of benzene rings is 3. The molecule has 0 amide bonds. The third-order valence-electron chi connectivity index (χ3n) is 3.21. The number of hydrogen-bond donors (Lipinski definition) is 0. The first-order valence-corrected chi connectivity index (χ1v) is 6.49. The highest BCUT2D eigenvalue weighted by Crippen LogP contribution is 2.27. The summed E-state index contributed by atoms with van der Waals surface area (Å²) in [5.74, 6) is 6.18. The summed E-state index contributed by atoms with van der Waals surface area (Å²) in [6.45, 7) is 0. The molecule has 0 saturated heterocycles. The SMILES string of the molecule is O=[N+]([O-])c1cccc2c(C#Cc3ccccc3)cccc12. The van der Waals surface area contributed by atoms with Crippen LogP contribution in [0.3, 0.4) is 0 Å². The molecule has 3 aromatic rings. The van der Waals surface area contributed by atoms with E-state index in [1.165, 1.54) is 6.07 Å². The highest BCUT2D eigenvalue weighted by molar-refractivity contribution is 5.94. The molecule has 3 aromatic carbocycles. The zero-order valence-electron chi connectivity index (χ0n) is 11.1. The molecule has 0 aliphatic rings. The second-order valence-electron chi connectivity index (χ2n) is 4.55. The van der Waals surface area contributed by atoms with E-state index < -0.39 is 0 Å². The van der Waals surface area contributed by atoms with Gasteiger partial charge in [-0.05, 0) is 24.3 Å². The molecule has 0 heterocycles. The van der Waals surface area contributed by atoms with Gasteiger partial charge in [0.15, 0.2) is 0 Å². The monoisotopic (exact) mass is 273 g/mol. The fourth-order valence-corrected chi connectivity index (χ4v) is 2.22. The highest BCUT2D eigenvalue weighted by atomic mass is 16.6. The van der Waals surface area contributed by atoms with Gasteiger partial charge in [-0.1, -0.05) is 48.2 Å². The minimum Gasteiger partial charge on any atom is -0.258 e. The molecule has 0 atom stereocenters. The second kappa shape index (κ2) is 5.48. The first kappa shape index (κ1) is 12.9. The molecule has 0 spiro atoms. The van der Waals surface area contributed by atoms with E-state index in [2.05, 4.69) is 11.8 Å². The summed E-state index contributed by atoms with van der Waals surface area (Å²) in [6, 6.07) is 20.1. The van der Waals surface area contributed by atoms with E-state index >= 15 is 0 Å². The van der Waals surface area contributed by atoms with E-state index in [0.29, 0.717) is 5.39 Å². The largest absolute Gasteiger partial charge is 0.277 e. The Labute approximate surface area is 122 Å². The van der Waals surface area contributed by atoms with Crippen molar-refractivity contribution in [3.05, 3.63) is 88.0 Å². The Morgan fingerprint density at radius 1 is 0.762 bits per heavy atom. The van der Waals surface area contributed by atoms with Crippen LogP contribution in [0.25, 0.3) is 10.8 Å². The summed E-state index contributed by atoms with van der Waals surface area (Å²) < 4.78 is 0. The van der Waals surface area contributed by atoms with Gasteiger partial charge in [-0.25, -0.2) is 0 Å². The average molecular weight is 273 g/mol. The second-order valence-corrected chi connectivity index (χ2v) is 4.55. The van der Waals surface area contributed by atoms with Crippen molar-refractivity contribution < 1.29 is 4.92 Å². The minimum atomic E-state index is -0.364. The van der Waals surface area contributed by atoms with Gasteiger partial charge in [-0.3, -0.25) is 10.1 Å². The number of nitro groups is 1. The fraction of sp³-hybridized carbons (Fsp3) is 0. The molecule has 100 valence electrons. The molecule has 0 radical (unpaired) electrons. The van der Waals surface area contributed by atoms with Crippen LogP contribution in [0.5, 0.6) is 0 Å². The molecule has 0 saturated carbocycles. The maximum absolute atomic E-state index is 11.1. The average Bonchev–Trinajstić information content (AvgIpc) is 2.53. The van der Waals surface area contributed by atoms with Gasteiger partial charge in [0.05, 0.1) is 10.3 Å². The minimum absolute atomic E-state index is 0.107. The van der Waals surface area contributed by atoms with Gasteiger partial charge in [-0.15, -0.1) is 0 Å². The summed E-state index contributed by atoms with van der Waals surface area (Å²) >= 11 is 0. The van der Waals surface area contributed by atoms with E-state index in [0.717, 1.165) is 16.5 Å². The Balaban J connectivity index is 2.15. The molecule has 0 unspecified atom stereocenters. The standard InChI is InChI=1S/C18H11NO2/c20-19(21)18-11-5-9-16-15(8-4-10-17(16)18)13-12-14-6-2-1-3-7-14/h1-11H. The lowest BCUT2D eigenvalue weighted by Crippen LogP contribution is -1.90. The predicted octanol–water partition coefficient (Wildman–Crippen LogP) is 4.15. The van der Waals surface area contributed by atoms with Crippen LogP contribution in [-0.2, 0) is 0 Å². The zero-order valence-corrected chi connectivity index (χ0v) is 11.1. The summed E-state index contributed by atoms with van der Waals surface area (Å²) in [5, 5.41) is 12.5. The number of rotatable bonds is 1. The first-order valence-electron chi connectivity index (χ1n) is 6.49. The lowest BCUT2D eigenvalue weighted by atomic mass is 10.0. The molecule has 3 heteroatoms. The Bertz CT molecular complexity index is 874. The summed E-state index contributed by atoms with van der Waals surface area (Å²) in [6.07, 6.45) is 0.